The van der Waals surface area contributed by atoms with Crippen LogP contribution < -0.4 is 0 Å². The number of carbonyl (C=O) groups is 3. The first-order valence-corrected chi connectivity index (χ1v) is 12.8. The minimum atomic E-state index is -1.30. The molecule has 4 rings (SSSR count). The van der Waals surface area contributed by atoms with E-state index in [9.17, 15) is 19.5 Å². The van der Waals surface area contributed by atoms with Gasteiger partial charge in [0.25, 0.3) is 0 Å². The molecule has 4 aliphatic rings. The van der Waals surface area contributed by atoms with E-state index in [2.05, 4.69) is 6.92 Å². The summed E-state index contributed by atoms with van der Waals surface area (Å²) >= 11 is 0. The monoisotopic (exact) mass is 474 g/mol. The molecule has 0 aromatic carbocycles. The Balaban J connectivity index is 1.86. The average molecular weight is 475 g/mol. The lowest BCUT2D eigenvalue weighted by molar-refractivity contribution is -0.161. The number of rotatable bonds is 6. The molecule has 2 fully saturated rings. The molecular weight excluding hydrogens is 436 g/mol. The summed E-state index contributed by atoms with van der Waals surface area (Å²) < 4.78 is 12.4. The Morgan fingerprint density at radius 3 is 2.62 bits per heavy atom. The Bertz CT molecular complexity index is 867. The number of likely N-dealkylation sites (tertiary alicyclic amines) is 1. The van der Waals surface area contributed by atoms with Gasteiger partial charge in [0.15, 0.2) is 0 Å². The molecule has 2 amide bonds. The number of unbranched alkanes of at least 4 members (excludes halogenated alkanes) is 1. The molecule has 1 N–H and O–H groups in total. The summed E-state index contributed by atoms with van der Waals surface area (Å²) in [6.07, 6.45) is 12.4. The summed E-state index contributed by atoms with van der Waals surface area (Å²) in [7, 11) is 0. The lowest BCUT2D eigenvalue weighted by Crippen LogP contribution is -2.58. The van der Waals surface area contributed by atoms with E-state index < -0.39 is 41.1 Å². The molecule has 8 nitrogen and oxygen atoms in total. The molecular formula is C26H38N2O6. The standard InChI is InChI=1S/C26H38N2O6/c1-4-6-14-27-15-11-13-26-19(22(30)28(18(5-2)17-29)21(26)23(27)31)20-24(32)33-16-10-8-7-9-12-25(20,3)34-26/h9,11-13,18-21,29H,4-8,10,14-17H2,1-3H3/b12-9-/t18-,19-,20+,21?,25-,26-/m0/s1. The highest BCUT2D eigenvalue weighted by Gasteiger charge is 2.75. The Morgan fingerprint density at radius 1 is 1.12 bits per heavy atom. The van der Waals surface area contributed by atoms with Gasteiger partial charge in [-0.25, -0.2) is 0 Å². The Kier molecular flexibility index (Phi) is 7.20. The van der Waals surface area contributed by atoms with Crippen molar-refractivity contribution >= 4 is 17.8 Å². The maximum atomic E-state index is 14.1. The van der Waals surface area contributed by atoms with Gasteiger partial charge >= 0.3 is 5.97 Å². The van der Waals surface area contributed by atoms with Crippen LogP contribution in [0.1, 0.15) is 59.3 Å². The first kappa shape index (κ1) is 24.9. The third-order valence-electron chi connectivity index (χ3n) is 7.88. The van der Waals surface area contributed by atoms with E-state index in [1.165, 1.54) is 4.90 Å². The lowest BCUT2D eigenvalue weighted by atomic mass is 9.74. The largest absolute Gasteiger partial charge is 0.465 e. The maximum Gasteiger partial charge on any atom is 0.313 e. The van der Waals surface area contributed by atoms with Crippen molar-refractivity contribution in [1.82, 2.24) is 9.80 Å². The van der Waals surface area contributed by atoms with Gasteiger partial charge in [0.1, 0.15) is 17.6 Å². The first-order chi connectivity index (χ1) is 16.3. The van der Waals surface area contributed by atoms with Crippen LogP contribution in [0, 0.1) is 11.8 Å². The highest BCUT2D eigenvalue weighted by atomic mass is 16.6. The summed E-state index contributed by atoms with van der Waals surface area (Å²) in [5, 5.41) is 10.1. The van der Waals surface area contributed by atoms with E-state index in [1.807, 2.05) is 38.2 Å². The molecule has 0 aliphatic carbocycles. The molecule has 6 atom stereocenters. The number of cyclic esters (lactones) is 1. The maximum absolute atomic E-state index is 14.1. The molecule has 1 unspecified atom stereocenters. The van der Waals surface area contributed by atoms with E-state index in [0.717, 1.165) is 32.1 Å². The molecule has 2 saturated heterocycles. The van der Waals surface area contributed by atoms with Crippen molar-refractivity contribution in [3.05, 3.63) is 24.3 Å². The number of hydrogen-bond donors (Lipinski definition) is 1. The number of aliphatic hydroxyl groups excluding tert-OH is 1. The molecule has 0 radical (unpaired) electrons. The fourth-order valence-corrected chi connectivity index (χ4v) is 6.14. The summed E-state index contributed by atoms with van der Waals surface area (Å²) in [5.41, 5.74) is -2.38. The van der Waals surface area contributed by atoms with Crippen molar-refractivity contribution in [1.29, 1.82) is 0 Å². The van der Waals surface area contributed by atoms with Crippen molar-refractivity contribution in [2.45, 2.75) is 82.6 Å². The lowest BCUT2D eigenvalue weighted by Gasteiger charge is -2.40. The minimum Gasteiger partial charge on any atom is -0.465 e. The van der Waals surface area contributed by atoms with Crippen LogP contribution in [0.5, 0.6) is 0 Å². The number of hydrogen-bond acceptors (Lipinski definition) is 6. The first-order valence-electron chi connectivity index (χ1n) is 12.8. The van der Waals surface area contributed by atoms with Crippen molar-refractivity contribution in [3.63, 3.8) is 0 Å². The van der Waals surface area contributed by atoms with Gasteiger partial charge in [-0.15, -0.1) is 0 Å². The van der Waals surface area contributed by atoms with Gasteiger partial charge in [-0.3, -0.25) is 14.4 Å². The number of nitrogens with zero attached hydrogens (tertiary/aromatic N) is 2. The van der Waals surface area contributed by atoms with Gasteiger partial charge in [0, 0.05) is 13.1 Å². The van der Waals surface area contributed by atoms with Crippen LogP contribution in [-0.2, 0) is 23.9 Å². The predicted octanol–water partition coefficient (Wildman–Crippen LogP) is 2.21. The summed E-state index contributed by atoms with van der Waals surface area (Å²) in [5.74, 6) is -2.75. The van der Waals surface area contributed by atoms with Crippen molar-refractivity contribution < 1.29 is 29.0 Å². The highest BCUT2D eigenvalue weighted by Crippen LogP contribution is 2.57. The Labute approximate surface area is 201 Å². The van der Waals surface area contributed by atoms with Crippen molar-refractivity contribution in [2.75, 3.05) is 26.3 Å². The zero-order valence-electron chi connectivity index (χ0n) is 20.6. The minimum absolute atomic E-state index is 0.189. The molecule has 8 heteroatoms. The zero-order chi connectivity index (χ0) is 24.5. The third kappa shape index (κ3) is 3.88. The van der Waals surface area contributed by atoms with Gasteiger partial charge in [0.2, 0.25) is 11.8 Å². The number of ether oxygens (including phenoxy) is 2. The quantitative estimate of drug-likeness (QED) is 0.468. The Hall–Kier alpha value is -2.19. The molecule has 34 heavy (non-hydrogen) atoms. The van der Waals surface area contributed by atoms with Crippen LogP contribution in [0.15, 0.2) is 24.3 Å². The number of amides is 2. The molecule has 0 aromatic rings. The topological polar surface area (TPSA) is 96.4 Å². The van der Waals surface area contributed by atoms with E-state index >= 15 is 0 Å². The van der Waals surface area contributed by atoms with Gasteiger partial charge in [0.05, 0.1) is 30.8 Å². The molecule has 0 bridgehead atoms. The molecule has 0 aromatic heterocycles. The van der Waals surface area contributed by atoms with Crippen LogP contribution in [-0.4, -0.2) is 82.3 Å². The normalized spacial score (nSPS) is 37.5. The number of esters is 1. The van der Waals surface area contributed by atoms with E-state index in [4.69, 9.17) is 9.47 Å². The van der Waals surface area contributed by atoms with E-state index in [0.29, 0.717) is 26.1 Å². The number of aliphatic hydroxyl groups is 1. The van der Waals surface area contributed by atoms with Crippen LogP contribution in [0.25, 0.3) is 0 Å². The van der Waals surface area contributed by atoms with Crippen LogP contribution in [0.4, 0.5) is 0 Å². The van der Waals surface area contributed by atoms with Crippen molar-refractivity contribution in [2.24, 2.45) is 11.8 Å². The third-order valence-corrected chi connectivity index (χ3v) is 7.88. The number of carbonyl (C=O) groups excluding carboxylic acids is 3. The molecule has 1 spiro atoms. The van der Waals surface area contributed by atoms with Gasteiger partial charge < -0.3 is 24.4 Å². The molecule has 188 valence electrons. The second-order valence-corrected chi connectivity index (χ2v) is 10.1. The van der Waals surface area contributed by atoms with Crippen molar-refractivity contribution in [3.8, 4) is 0 Å². The zero-order valence-corrected chi connectivity index (χ0v) is 20.6. The SMILES string of the molecule is CCCCN1CC=C[C@]23O[C@@]4(C)/C=C\CCCCOC(=O)[C@H]4[C@H]2C(=O)N([C@@H](CC)CO)C3C1=O. The van der Waals surface area contributed by atoms with Crippen LogP contribution >= 0.6 is 0 Å². The van der Waals surface area contributed by atoms with Gasteiger partial charge in [-0.1, -0.05) is 44.6 Å². The van der Waals surface area contributed by atoms with E-state index in [1.54, 1.807) is 4.90 Å². The number of fused-ring (bicyclic) bond motifs is 2. The fraction of sp³-hybridized carbons (Fsp3) is 0.731. The number of allylic oxidation sites excluding steroid dienone is 1. The summed E-state index contributed by atoms with van der Waals surface area (Å²) in [6.45, 7) is 6.81. The summed E-state index contributed by atoms with van der Waals surface area (Å²) in [6, 6.07) is -1.47. The van der Waals surface area contributed by atoms with Gasteiger partial charge in [-0.05, 0) is 39.0 Å². The smallest absolute Gasteiger partial charge is 0.313 e. The van der Waals surface area contributed by atoms with Crippen LogP contribution in [0.3, 0.4) is 0 Å². The second kappa shape index (κ2) is 9.82. The Morgan fingerprint density at radius 2 is 1.91 bits per heavy atom. The van der Waals surface area contributed by atoms with Crippen LogP contribution in [0.2, 0.25) is 0 Å². The molecule has 4 heterocycles. The highest BCUT2D eigenvalue weighted by molar-refractivity contribution is 5.99. The van der Waals surface area contributed by atoms with Gasteiger partial charge in [-0.2, -0.15) is 0 Å². The fourth-order valence-electron chi connectivity index (χ4n) is 6.14. The average Bonchev–Trinajstić information content (AvgIpc) is 3.15. The van der Waals surface area contributed by atoms with E-state index in [-0.39, 0.29) is 18.4 Å². The summed E-state index contributed by atoms with van der Waals surface area (Å²) in [4.78, 5) is 44.7. The molecule has 4 aliphatic heterocycles. The second-order valence-electron chi connectivity index (χ2n) is 10.1. The molecule has 0 saturated carbocycles. The predicted molar refractivity (Wildman–Crippen MR) is 126 cm³/mol.